The summed E-state index contributed by atoms with van der Waals surface area (Å²) in [5.74, 6) is -1.46. The lowest BCUT2D eigenvalue weighted by molar-refractivity contribution is -0.384. The zero-order chi connectivity index (χ0) is 15.9. The van der Waals surface area contributed by atoms with Crippen LogP contribution in [0.5, 0.6) is 0 Å². The van der Waals surface area contributed by atoms with Crippen LogP contribution in [0, 0.1) is 10.1 Å². The topological polar surface area (TPSA) is 92.9 Å². The molecule has 110 valence electrons. The number of hydrogen-bond donors (Lipinski definition) is 0. The molecule has 0 saturated heterocycles. The number of benzene rings is 1. The molecule has 1 aliphatic heterocycles. The van der Waals surface area contributed by atoms with E-state index in [4.69, 9.17) is 23.2 Å². The molecular formula is C12H9Cl2N3O4. The summed E-state index contributed by atoms with van der Waals surface area (Å²) in [5, 5.41) is 15.3. The number of alkyl halides is 1. The summed E-state index contributed by atoms with van der Waals surface area (Å²) >= 11 is 12.1. The molecule has 0 spiro atoms. The molecule has 0 radical (unpaired) electrons. The average molecular weight is 330 g/mol. The van der Waals surface area contributed by atoms with Crippen molar-refractivity contribution in [3.05, 3.63) is 38.9 Å². The molecule has 0 aromatic heterocycles. The molecule has 9 heteroatoms. The van der Waals surface area contributed by atoms with Crippen molar-refractivity contribution in [1.82, 2.24) is 5.01 Å². The number of nitro groups is 1. The van der Waals surface area contributed by atoms with Crippen LogP contribution < -0.4 is 0 Å². The molecule has 1 amide bonds. The molecule has 7 nitrogen and oxygen atoms in total. The van der Waals surface area contributed by atoms with Crippen LogP contribution in [0.1, 0.15) is 17.3 Å². The molecule has 21 heavy (non-hydrogen) atoms. The van der Waals surface area contributed by atoms with Crippen LogP contribution in [-0.4, -0.2) is 39.3 Å². The summed E-state index contributed by atoms with van der Waals surface area (Å²) in [4.78, 5) is 32.6. The molecule has 1 aromatic rings. The largest absolute Gasteiger partial charge is 0.291 e. The predicted molar refractivity (Wildman–Crippen MR) is 76.9 cm³/mol. The van der Waals surface area contributed by atoms with Gasteiger partial charge in [-0.25, -0.2) is 5.01 Å². The molecule has 0 aliphatic carbocycles. The molecule has 1 aromatic carbocycles. The Hall–Kier alpha value is -1.99. The number of halogens is 2. The second-order valence-corrected chi connectivity index (χ2v) is 5.40. The fourth-order valence-corrected chi connectivity index (χ4v) is 2.49. The first kappa shape index (κ1) is 15.4. The highest BCUT2D eigenvalue weighted by atomic mass is 35.5. The van der Waals surface area contributed by atoms with Gasteiger partial charge in [0.1, 0.15) is 0 Å². The lowest BCUT2D eigenvalue weighted by Crippen LogP contribution is -2.47. The van der Waals surface area contributed by atoms with Gasteiger partial charge in [0.05, 0.1) is 15.7 Å². The summed E-state index contributed by atoms with van der Waals surface area (Å²) in [7, 11) is 1.38. The fourth-order valence-electron chi connectivity index (χ4n) is 1.97. The molecule has 1 atom stereocenters. The van der Waals surface area contributed by atoms with E-state index in [9.17, 15) is 19.7 Å². The Kier molecular flexibility index (Phi) is 3.73. The minimum atomic E-state index is -1.96. The van der Waals surface area contributed by atoms with Crippen LogP contribution in [0.4, 0.5) is 5.69 Å². The van der Waals surface area contributed by atoms with Crippen molar-refractivity contribution in [2.75, 3.05) is 7.05 Å². The van der Waals surface area contributed by atoms with E-state index in [-0.39, 0.29) is 22.0 Å². The highest BCUT2D eigenvalue weighted by molar-refractivity contribution is 6.61. The van der Waals surface area contributed by atoms with E-state index in [2.05, 4.69) is 5.10 Å². The number of nitrogens with zero attached hydrogens (tertiary/aromatic N) is 3. The van der Waals surface area contributed by atoms with Gasteiger partial charge in [0.15, 0.2) is 0 Å². The number of non-ortho nitro benzene ring substituents is 1. The van der Waals surface area contributed by atoms with Gasteiger partial charge in [-0.05, 0) is 13.0 Å². The number of carbonyl (C=O) groups is 2. The summed E-state index contributed by atoms with van der Waals surface area (Å²) in [6.07, 6.45) is 0. The van der Waals surface area contributed by atoms with E-state index in [1.807, 2.05) is 0 Å². The average Bonchev–Trinajstić information content (AvgIpc) is 2.62. The van der Waals surface area contributed by atoms with Gasteiger partial charge in [-0.2, -0.15) is 5.10 Å². The maximum Gasteiger partial charge on any atom is 0.277 e. The molecule has 0 fully saturated rings. The monoisotopic (exact) mass is 329 g/mol. The molecule has 1 heterocycles. The molecule has 1 aliphatic rings. The van der Waals surface area contributed by atoms with Crippen LogP contribution in [-0.2, 0) is 4.79 Å². The van der Waals surface area contributed by atoms with Crippen molar-refractivity contribution in [3.8, 4) is 0 Å². The van der Waals surface area contributed by atoms with E-state index in [0.29, 0.717) is 0 Å². The van der Waals surface area contributed by atoms with Crippen LogP contribution >= 0.6 is 23.2 Å². The number of hydrazone groups is 1. The summed E-state index contributed by atoms with van der Waals surface area (Å²) in [5.41, 5.74) is -0.216. The molecular weight excluding hydrogens is 321 g/mol. The zero-order valence-corrected chi connectivity index (χ0v) is 12.5. The summed E-state index contributed by atoms with van der Waals surface area (Å²) < 4.78 is 0. The van der Waals surface area contributed by atoms with E-state index in [0.717, 1.165) is 17.1 Å². The number of Topliss-reactive ketones (excluding diaryl/α,β-unsaturated/α-hetero) is 1. The van der Waals surface area contributed by atoms with Gasteiger partial charge >= 0.3 is 0 Å². The molecule has 2 rings (SSSR count). The zero-order valence-electron chi connectivity index (χ0n) is 11.0. The second-order valence-electron chi connectivity index (χ2n) is 4.42. The van der Waals surface area contributed by atoms with Crippen molar-refractivity contribution in [1.29, 1.82) is 0 Å². The van der Waals surface area contributed by atoms with Crippen LogP contribution in [0.25, 0.3) is 0 Å². The third-order valence-corrected chi connectivity index (χ3v) is 4.03. The Labute approximate surface area is 129 Å². The van der Waals surface area contributed by atoms with Crippen LogP contribution in [0.2, 0.25) is 5.02 Å². The number of hydrogen-bond acceptors (Lipinski definition) is 5. The summed E-state index contributed by atoms with van der Waals surface area (Å²) in [6.45, 7) is 1.45. The highest BCUT2D eigenvalue weighted by Crippen LogP contribution is 2.33. The quantitative estimate of drug-likeness (QED) is 0.279. The summed E-state index contributed by atoms with van der Waals surface area (Å²) in [6, 6.07) is 3.32. The first-order chi connectivity index (χ1) is 9.69. The number of amides is 1. The first-order valence-corrected chi connectivity index (χ1v) is 6.46. The maximum absolute atomic E-state index is 12.5. The van der Waals surface area contributed by atoms with Gasteiger partial charge in [0.25, 0.3) is 11.6 Å². The van der Waals surface area contributed by atoms with Crippen LogP contribution in [0.15, 0.2) is 23.3 Å². The third kappa shape index (κ3) is 2.28. The second kappa shape index (κ2) is 5.09. The van der Waals surface area contributed by atoms with Gasteiger partial charge in [0.2, 0.25) is 10.7 Å². The van der Waals surface area contributed by atoms with Gasteiger partial charge in [-0.3, -0.25) is 19.7 Å². The van der Waals surface area contributed by atoms with Crippen molar-refractivity contribution >= 4 is 46.3 Å². The normalized spacial score (nSPS) is 21.4. The Balaban J connectivity index is 2.48. The Morgan fingerprint density at radius 1 is 1.48 bits per heavy atom. The van der Waals surface area contributed by atoms with Crippen molar-refractivity contribution in [2.24, 2.45) is 5.10 Å². The predicted octanol–water partition coefficient (Wildman–Crippen LogP) is 2.26. The van der Waals surface area contributed by atoms with Gasteiger partial charge in [-0.15, -0.1) is 0 Å². The smallest absolute Gasteiger partial charge is 0.277 e. The van der Waals surface area contributed by atoms with Crippen molar-refractivity contribution < 1.29 is 14.5 Å². The maximum atomic E-state index is 12.5. The lowest BCUT2D eigenvalue weighted by atomic mass is 9.92. The van der Waals surface area contributed by atoms with Gasteiger partial charge < -0.3 is 0 Å². The lowest BCUT2D eigenvalue weighted by Gasteiger charge is -2.19. The number of rotatable bonds is 3. The van der Waals surface area contributed by atoms with Crippen LogP contribution in [0.3, 0.4) is 0 Å². The number of ketones is 1. The highest BCUT2D eigenvalue weighted by Gasteiger charge is 2.53. The fraction of sp³-hybridized carbons (Fsp3) is 0.250. The Morgan fingerprint density at radius 3 is 2.52 bits per heavy atom. The van der Waals surface area contributed by atoms with Crippen molar-refractivity contribution in [3.63, 3.8) is 0 Å². The molecule has 0 saturated carbocycles. The van der Waals surface area contributed by atoms with E-state index in [1.54, 1.807) is 0 Å². The van der Waals surface area contributed by atoms with Crippen molar-refractivity contribution in [2.45, 2.75) is 11.8 Å². The SMILES string of the molecule is CC1=NN(C)C(=O)C1(Cl)C(=O)c1ccc([N+](=O)[O-])cc1Cl. The third-order valence-electron chi connectivity index (χ3n) is 3.11. The molecule has 0 N–H and O–H groups in total. The molecule has 1 unspecified atom stereocenters. The standard InChI is InChI=1S/C12H9Cl2N3O4/c1-6-12(14,11(19)16(2)15-6)10(18)8-4-3-7(17(20)21)5-9(8)13/h3-5H,1-2H3. The minimum absolute atomic E-state index is 0.0736. The Morgan fingerprint density at radius 2 is 2.10 bits per heavy atom. The van der Waals surface area contributed by atoms with Gasteiger partial charge in [0, 0.05) is 24.7 Å². The van der Waals surface area contributed by atoms with E-state index in [1.165, 1.54) is 20.0 Å². The van der Waals surface area contributed by atoms with Gasteiger partial charge in [-0.1, -0.05) is 23.2 Å². The Bertz CT molecular complexity index is 704. The number of carbonyl (C=O) groups excluding carboxylic acids is 2. The molecule has 0 bridgehead atoms. The van der Waals surface area contributed by atoms with E-state index >= 15 is 0 Å². The minimum Gasteiger partial charge on any atom is -0.291 e. The number of nitro benzene ring substituents is 1. The first-order valence-electron chi connectivity index (χ1n) is 5.71. The van der Waals surface area contributed by atoms with E-state index < -0.39 is 21.5 Å².